The van der Waals surface area contributed by atoms with Gasteiger partial charge < -0.3 is 15.4 Å². The van der Waals surface area contributed by atoms with Crippen molar-refractivity contribution in [1.82, 2.24) is 21.3 Å². The van der Waals surface area contributed by atoms with Gasteiger partial charge in [-0.3, -0.25) is 0 Å². The molecule has 1 fully saturated rings. The van der Waals surface area contributed by atoms with Crippen LogP contribution in [-0.2, 0) is 6.42 Å². The summed E-state index contributed by atoms with van der Waals surface area (Å²) in [5, 5.41) is 22.9. The lowest BCUT2D eigenvalue weighted by molar-refractivity contribution is -0.614. The van der Waals surface area contributed by atoms with Gasteiger partial charge in [0.1, 0.15) is 6.34 Å². The first-order chi connectivity index (χ1) is 21.0. The molecular weight excluding hydrogens is 562 g/mol. The second kappa shape index (κ2) is 12.7. The van der Waals surface area contributed by atoms with E-state index >= 15 is 0 Å². The average molecular weight is 596 g/mol. The number of carbonyl (C=O) groups excluding carboxylic acids is 1. The molecule has 0 radical (unpaired) electrons. The smallest absolute Gasteiger partial charge is 0.317 e. The fraction of sp³-hybridized carbons (Fsp3) is 0.242. The van der Waals surface area contributed by atoms with E-state index in [0.717, 1.165) is 58.6 Å². The van der Waals surface area contributed by atoms with E-state index in [2.05, 4.69) is 57.9 Å². The highest BCUT2D eigenvalue weighted by molar-refractivity contribution is 6.31. The van der Waals surface area contributed by atoms with Crippen molar-refractivity contribution in [3.05, 3.63) is 124 Å². The number of carbonyl (C=O) groups is 1. The van der Waals surface area contributed by atoms with Crippen molar-refractivity contribution < 1.29 is 9.52 Å². The second-order valence-electron chi connectivity index (χ2n) is 10.9. The minimum atomic E-state index is -0.157. The van der Waals surface area contributed by atoms with Crippen molar-refractivity contribution in [3.63, 3.8) is 0 Å². The van der Waals surface area contributed by atoms with Gasteiger partial charge >= 0.3 is 6.03 Å². The predicted molar refractivity (Wildman–Crippen MR) is 170 cm³/mol. The third-order valence-corrected chi connectivity index (χ3v) is 8.54. The molecule has 1 saturated heterocycles. The molecular formula is C33H34ClN7O2. The zero-order chi connectivity index (χ0) is 29.8. The van der Waals surface area contributed by atoms with E-state index in [9.17, 15) is 10.0 Å². The van der Waals surface area contributed by atoms with E-state index in [-0.39, 0.29) is 11.9 Å². The standard InChI is InChI=1S/C33H34ClN7O2/c1-35-33(42)39-16-14-24(15-17-39)25-8-5-9-26(19-25)29(18-23-6-3-2-4-7-23)32-12-10-27(21-41(32)43)30-20-28(34)11-13-31(30)40-22-36-37-38-40/h2-13,19-22,24,29,37-38H,14-18H2,1H3,(H,35,42). The van der Waals surface area contributed by atoms with Crippen molar-refractivity contribution in [2.24, 2.45) is 5.10 Å². The van der Waals surface area contributed by atoms with E-state index in [4.69, 9.17) is 11.6 Å². The summed E-state index contributed by atoms with van der Waals surface area (Å²) in [6, 6.07) is 28.3. The maximum Gasteiger partial charge on any atom is 0.317 e. The van der Waals surface area contributed by atoms with Crippen molar-refractivity contribution in [2.75, 3.05) is 25.1 Å². The van der Waals surface area contributed by atoms with Crippen LogP contribution in [-0.4, -0.2) is 37.4 Å². The number of anilines is 1. The van der Waals surface area contributed by atoms with Crippen LogP contribution in [0.25, 0.3) is 11.1 Å². The van der Waals surface area contributed by atoms with E-state index in [1.165, 1.54) is 5.56 Å². The van der Waals surface area contributed by atoms with Crippen LogP contribution in [0.5, 0.6) is 0 Å². The molecule has 43 heavy (non-hydrogen) atoms. The molecule has 0 aliphatic carbocycles. The van der Waals surface area contributed by atoms with Gasteiger partial charge in [0.2, 0.25) is 5.69 Å². The van der Waals surface area contributed by atoms with Crippen LogP contribution < -0.4 is 26.1 Å². The Morgan fingerprint density at radius 2 is 1.88 bits per heavy atom. The number of nitrogens with zero attached hydrogens (tertiary/aromatic N) is 4. The molecule has 3 N–H and O–H groups in total. The quantitative estimate of drug-likeness (QED) is 0.199. The summed E-state index contributed by atoms with van der Waals surface area (Å²) in [4.78, 5) is 14.0. The molecule has 220 valence electrons. The maximum atomic E-state index is 13.8. The molecule has 1 unspecified atom stereocenters. The molecule has 1 atom stereocenters. The number of halogens is 1. The van der Waals surface area contributed by atoms with Gasteiger partial charge in [0.25, 0.3) is 0 Å². The molecule has 2 aliphatic rings. The molecule has 2 amide bonds. The molecule has 6 rings (SSSR count). The topological polar surface area (TPSA) is 98.9 Å². The van der Waals surface area contributed by atoms with E-state index in [0.29, 0.717) is 23.1 Å². The molecule has 4 aromatic rings. The largest absolute Gasteiger partial charge is 0.618 e. The zero-order valence-electron chi connectivity index (χ0n) is 23.9. The molecule has 3 aromatic carbocycles. The molecule has 1 aromatic heterocycles. The number of aromatic nitrogens is 1. The predicted octanol–water partition coefficient (Wildman–Crippen LogP) is 5.31. The van der Waals surface area contributed by atoms with E-state index in [1.807, 2.05) is 47.4 Å². The van der Waals surface area contributed by atoms with Crippen LogP contribution in [0.1, 0.15) is 47.1 Å². The Bertz CT molecular complexity index is 1620. The number of benzene rings is 3. The van der Waals surface area contributed by atoms with Gasteiger partial charge in [-0.2, -0.15) is 9.83 Å². The number of hydrazone groups is 1. The Balaban J connectivity index is 1.34. The second-order valence-corrected chi connectivity index (χ2v) is 11.3. The first-order valence-corrected chi connectivity index (χ1v) is 14.8. The number of hydrogen-bond acceptors (Lipinski definition) is 6. The Kier molecular flexibility index (Phi) is 8.44. The molecule has 3 heterocycles. The number of urea groups is 1. The van der Waals surface area contributed by atoms with Gasteiger partial charge in [-0.15, -0.1) is 5.53 Å². The summed E-state index contributed by atoms with van der Waals surface area (Å²) in [6.07, 6.45) is 5.75. The third-order valence-electron chi connectivity index (χ3n) is 8.30. The van der Waals surface area contributed by atoms with Crippen LogP contribution in [0.4, 0.5) is 10.5 Å². The Labute approximate surface area is 256 Å². The lowest BCUT2D eigenvalue weighted by atomic mass is 9.84. The van der Waals surface area contributed by atoms with Crippen LogP contribution in [0.15, 0.2) is 96.2 Å². The van der Waals surface area contributed by atoms with Crippen molar-refractivity contribution in [2.45, 2.75) is 31.1 Å². The Morgan fingerprint density at radius 1 is 1.07 bits per heavy atom. The van der Waals surface area contributed by atoms with Crippen molar-refractivity contribution in [3.8, 4) is 11.1 Å². The summed E-state index contributed by atoms with van der Waals surface area (Å²) >= 11 is 6.38. The van der Waals surface area contributed by atoms with Gasteiger partial charge in [-0.1, -0.05) is 66.2 Å². The van der Waals surface area contributed by atoms with Gasteiger partial charge in [0.15, 0.2) is 6.20 Å². The molecule has 0 bridgehead atoms. The highest BCUT2D eigenvalue weighted by Crippen LogP contribution is 2.35. The Hall–Kier alpha value is -4.60. The number of hydrazine groups is 2. The number of hydrogen-bond donors (Lipinski definition) is 3. The summed E-state index contributed by atoms with van der Waals surface area (Å²) < 4.78 is 0.992. The van der Waals surface area contributed by atoms with Crippen LogP contribution in [0.2, 0.25) is 5.02 Å². The number of rotatable bonds is 7. The van der Waals surface area contributed by atoms with Gasteiger partial charge in [0, 0.05) is 42.4 Å². The molecule has 0 saturated carbocycles. The summed E-state index contributed by atoms with van der Waals surface area (Å²) in [6.45, 7) is 1.45. The van der Waals surface area contributed by atoms with Crippen LogP contribution in [0.3, 0.4) is 0 Å². The maximum absolute atomic E-state index is 13.8. The molecule has 9 nitrogen and oxygen atoms in total. The fourth-order valence-corrected chi connectivity index (χ4v) is 6.21. The number of piperidine rings is 1. The first kappa shape index (κ1) is 28.5. The lowest BCUT2D eigenvalue weighted by Crippen LogP contribution is -2.42. The molecule has 2 aliphatic heterocycles. The molecule has 10 heteroatoms. The molecule has 0 spiro atoms. The summed E-state index contributed by atoms with van der Waals surface area (Å²) in [5.74, 6) is 0.203. The lowest BCUT2D eigenvalue weighted by Gasteiger charge is -2.32. The monoisotopic (exact) mass is 595 g/mol. The normalized spacial score (nSPS) is 15.8. The number of amides is 2. The summed E-state index contributed by atoms with van der Waals surface area (Å²) in [7, 11) is 1.67. The van der Waals surface area contributed by atoms with Gasteiger partial charge in [0.05, 0.1) is 11.6 Å². The van der Waals surface area contributed by atoms with E-state index in [1.54, 1.807) is 30.7 Å². The van der Waals surface area contributed by atoms with Crippen LogP contribution >= 0.6 is 11.6 Å². The number of nitrogens with one attached hydrogen (secondary N) is 3. The minimum absolute atomic E-state index is 0.0232. The highest BCUT2D eigenvalue weighted by Gasteiger charge is 2.27. The Morgan fingerprint density at radius 3 is 2.60 bits per heavy atom. The van der Waals surface area contributed by atoms with Crippen molar-refractivity contribution >= 4 is 29.7 Å². The fourth-order valence-electron chi connectivity index (χ4n) is 6.04. The number of likely N-dealkylation sites (tertiary alicyclic amines) is 1. The van der Waals surface area contributed by atoms with Gasteiger partial charge in [-0.25, -0.2) is 15.3 Å². The third kappa shape index (κ3) is 6.28. The van der Waals surface area contributed by atoms with E-state index < -0.39 is 0 Å². The average Bonchev–Trinajstić information content (AvgIpc) is 3.59. The number of pyridine rings is 1. The van der Waals surface area contributed by atoms with Crippen LogP contribution in [0, 0.1) is 5.21 Å². The summed E-state index contributed by atoms with van der Waals surface area (Å²) in [5.41, 5.74) is 12.2. The minimum Gasteiger partial charge on any atom is -0.618 e. The van der Waals surface area contributed by atoms with Crippen molar-refractivity contribution in [1.29, 1.82) is 0 Å². The zero-order valence-corrected chi connectivity index (χ0v) is 24.7. The highest BCUT2D eigenvalue weighted by atomic mass is 35.5. The van der Waals surface area contributed by atoms with Gasteiger partial charge in [-0.05, 0) is 66.1 Å². The first-order valence-electron chi connectivity index (χ1n) is 14.5. The SMILES string of the molecule is CNC(=O)N1CCC(c2cccc(C(Cc3ccccc3)c3ccc(-c4cc(Cl)ccc4N4C=NNN4)c[n+]3[O-])c2)CC1.